The number of hydrogen-bond donors (Lipinski definition) is 2. The molecular weight excluding hydrogens is 495 g/mol. The molecule has 4 aromatic rings. The van der Waals surface area contributed by atoms with Crippen molar-refractivity contribution in [1.29, 1.82) is 0 Å². The van der Waals surface area contributed by atoms with Crippen LogP contribution in [0.3, 0.4) is 0 Å². The molecule has 6 nitrogen and oxygen atoms in total. The van der Waals surface area contributed by atoms with E-state index < -0.39 is 17.7 Å². The molecular formula is C32H35FN2O4. The number of halogens is 1. The van der Waals surface area contributed by atoms with E-state index in [2.05, 4.69) is 50.2 Å². The van der Waals surface area contributed by atoms with E-state index in [0.717, 1.165) is 39.8 Å². The zero-order chi connectivity index (χ0) is 28.7. The van der Waals surface area contributed by atoms with Crippen molar-refractivity contribution in [3.05, 3.63) is 100 Å². The molecule has 7 heteroatoms. The molecule has 0 saturated carbocycles. The Bertz CT molecular complexity index is 1480. The van der Waals surface area contributed by atoms with Crippen molar-refractivity contribution in [3.8, 4) is 16.9 Å². The van der Waals surface area contributed by atoms with Gasteiger partial charge in [0.15, 0.2) is 0 Å². The van der Waals surface area contributed by atoms with E-state index >= 15 is 0 Å². The molecule has 0 aromatic heterocycles. The Hall–Kier alpha value is -4.23. The van der Waals surface area contributed by atoms with Crippen LogP contribution < -0.4 is 10.5 Å². The maximum Gasteiger partial charge on any atom is 0.303 e. The van der Waals surface area contributed by atoms with Crippen LogP contribution in [0.5, 0.6) is 5.75 Å². The Morgan fingerprint density at radius 2 is 1.59 bits per heavy atom. The lowest BCUT2D eigenvalue weighted by Crippen LogP contribution is -2.14. The highest BCUT2D eigenvalue weighted by molar-refractivity contribution is 6.00. The lowest BCUT2D eigenvalue weighted by Gasteiger charge is -2.20. The average molecular weight is 531 g/mol. The number of carbonyl (C=O) groups excluding carboxylic acids is 1. The number of carboxylic acid groups (broad SMARTS) is 1. The predicted octanol–water partition coefficient (Wildman–Crippen LogP) is 6.14. The maximum absolute atomic E-state index is 12.8. The number of aryl methyl sites for hydroxylation is 2. The Morgan fingerprint density at radius 1 is 0.923 bits per heavy atom. The molecule has 0 saturated heterocycles. The van der Waals surface area contributed by atoms with Gasteiger partial charge in [0.25, 0.3) is 5.91 Å². The summed E-state index contributed by atoms with van der Waals surface area (Å²) >= 11 is 0. The average Bonchev–Trinajstić information content (AvgIpc) is 2.88. The number of nitrogens with two attached hydrogens (primary N) is 1. The number of rotatable bonds is 8. The molecule has 39 heavy (non-hydrogen) atoms. The summed E-state index contributed by atoms with van der Waals surface area (Å²) in [5.41, 5.74) is 11.2. The first-order valence-electron chi connectivity index (χ1n) is 12.6. The monoisotopic (exact) mass is 530 g/mol. The number of ether oxygens (including phenoxy) is 1. The first-order valence-corrected chi connectivity index (χ1v) is 12.6. The summed E-state index contributed by atoms with van der Waals surface area (Å²) in [6.07, 6.45) is 0.650. The van der Waals surface area contributed by atoms with Crippen molar-refractivity contribution in [1.82, 2.24) is 4.90 Å². The van der Waals surface area contributed by atoms with Crippen LogP contribution in [0.2, 0.25) is 0 Å². The standard InChI is InChI=1S/C24H27NO3.C8H8FNO/c1-16-18(15-25(2)3)11-13-22(28-4)24(16)21-10-6-8-19-17(12-14-23(26)27)7-5-9-20(19)21;1-5-3-2-4-6(9)7(5)8(10)11/h5-11,13H,12,14-15H2,1-4H3,(H,26,27);2-4H,1H3,(H2,10,11). The van der Waals surface area contributed by atoms with Crippen molar-refractivity contribution in [3.63, 3.8) is 0 Å². The largest absolute Gasteiger partial charge is 0.496 e. The second-order valence-electron chi connectivity index (χ2n) is 9.67. The van der Waals surface area contributed by atoms with Gasteiger partial charge in [0, 0.05) is 18.5 Å². The van der Waals surface area contributed by atoms with Crippen LogP contribution in [0.25, 0.3) is 21.9 Å². The van der Waals surface area contributed by atoms with E-state index in [4.69, 9.17) is 15.6 Å². The smallest absolute Gasteiger partial charge is 0.303 e. The van der Waals surface area contributed by atoms with Gasteiger partial charge in [0.2, 0.25) is 0 Å². The van der Waals surface area contributed by atoms with E-state index in [9.17, 15) is 14.0 Å². The van der Waals surface area contributed by atoms with Gasteiger partial charge < -0.3 is 20.5 Å². The number of carbonyl (C=O) groups is 2. The van der Waals surface area contributed by atoms with Gasteiger partial charge in [-0.2, -0.15) is 0 Å². The van der Waals surface area contributed by atoms with Crippen molar-refractivity contribution < 1.29 is 23.8 Å². The van der Waals surface area contributed by atoms with Crippen LogP contribution in [0.4, 0.5) is 4.39 Å². The highest BCUT2D eigenvalue weighted by Gasteiger charge is 2.16. The third-order valence-corrected chi connectivity index (χ3v) is 6.60. The SMILES string of the molecule is COc1ccc(CN(C)C)c(C)c1-c1cccc2c(CCC(=O)O)cccc12.Cc1cccc(F)c1C(N)=O. The van der Waals surface area contributed by atoms with E-state index in [1.807, 2.05) is 24.3 Å². The minimum absolute atomic E-state index is 0.0208. The zero-order valence-corrected chi connectivity index (χ0v) is 23.0. The molecule has 0 heterocycles. The second-order valence-corrected chi connectivity index (χ2v) is 9.67. The van der Waals surface area contributed by atoms with Gasteiger partial charge in [0.1, 0.15) is 11.6 Å². The summed E-state index contributed by atoms with van der Waals surface area (Å²) in [7, 11) is 5.83. The molecule has 0 radical (unpaired) electrons. The first-order chi connectivity index (χ1) is 18.5. The van der Waals surface area contributed by atoms with E-state index in [1.165, 1.54) is 23.3 Å². The van der Waals surface area contributed by atoms with Gasteiger partial charge in [-0.25, -0.2) is 4.39 Å². The molecule has 0 unspecified atom stereocenters. The predicted molar refractivity (Wildman–Crippen MR) is 154 cm³/mol. The number of hydrogen-bond acceptors (Lipinski definition) is 4. The summed E-state index contributed by atoms with van der Waals surface area (Å²) in [6.45, 7) is 4.64. The minimum atomic E-state index is -0.776. The van der Waals surface area contributed by atoms with E-state index in [-0.39, 0.29) is 12.0 Å². The highest BCUT2D eigenvalue weighted by Crippen LogP contribution is 2.39. The number of benzene rings is 4. The third kappa shape index (κ3) is 7.00. The molecule has 4 aromatic carbocycles. The Balaban J connectivity index is 0.000000320. The van der Waals surface area contributed by atoms with Crippen LogP contribution in [0, 0.1) is 19.7 Å². The van der Waals surface area contributed by atoms with Crippen LogP contribution >= 0.6 is 0 Å². The molecule has 0 aliphatic rings. The van der Waals surface area contributed by atoms with Crippen LogP contribution in [0.15, 0.2) is 66.7 Å². The van der Waals surface area contributed by atoms with Gasteiger partial charge in [-0.1, -0.05) is 54.6 Å². The number of primary amides is 1. The molecule has 0 bridgehead atoms. The van der Waals surface area contributed by atoms with E-state index in [1.54, 1.807) is 20.1 Å². The normalized spacial score (nSPS) is 10.7. The zero-order valence-electron chi connectivity index (χ0n) is 23.0. The van der Waals surface area contributed by atoms with Crippen molar-refractivity contribution in [2.75, 3.05) is 21.2 Å². The van der Waals surface area contributed by atoms with Crippen LogP contribution in [-0.2, 0) is 17.8 Å². The molecule has 4 rings (SSSR count). The van der Waals surface area contributed by atoms with Gasteiger partial charge in [-0.05, 0) is 85.1 Å². The Kier molecular flexibility index (Phi) is 9.79. The summed E-state index contributed by atoms with van der Waals surface area (Å²) in [5, 5.41) is 11.3. The van der Waals surface area contributed by atoms with E-state index in [0.29, 0.717) is 12.0 Å². The lowest BCUT2D eigenvalue weighted by molar-refractivity contribution is -0.136. The summed E-state index contributed by atoms with van der Waals surface area (Å²) in [6, 6.07) is 20.9. The number of fused-ring (bicyclic) bond motifs is 1. The molecule has 1 amide bonds. The third-order valence-electron chi connectivity index (χ3n) is 6.60. The molecule has 0 fully saturated rings. The number of amides is 1. The Morgan fingerprint density at radius 3 is 2.18 bits per heavy atom. The maximum atomic E-state index is 12.8. The fourth-order valence-electron chi connectivity index (χ4n) is 4.74. The quantitative estimate of drug-likeness (QED) is 0.286. The fourth-order valence-corrected chi connectivity index (χ4v) is 4.74. The summed E-state index contributed by atoms with van der Waals surface area (Å²) < 4.78 is 18.5. The van der Waals surface area contributed by atoms with Gasteiger partial charge >= 0.3 is 5.97 Å². The minimum Gasteiger partial charge on any atom is -0.496 e. The molecule has 204 valence electrons. The van der Waals surface area contributed by atoms with Gasteiger partial charge in [0.05, 0.1) is 12.7 Å². The topological polar surface area (TPSA) is 92.9 Å². The number of methoxy groups -OCH3 is 1. The first kappa shape index (κ1) is 29.3. The van der Waals surface area contributed by atoms with Crippen molar-refractivity contribution >= 4 is 22.6 Å². The molecule has 0 spiro atoms. The molecule has 0 atom stereocenters. The summed E-state index contributed by atoms with van der Waals surface area (Å²) in [5.74, 6) is -1.20. The van der Waals surface area contributed by atoms with Gasteiger partial charge in [-0.15, -0.1) is 0 Å². The number of carboxylic acids is 1. The van der Waals surface area contributed by atoms with Crippen molar-refractivity contribution in [2.24, 2.45) is 5.73 Å². The highest BCUT2D eigenvalue weighted by atomic mass is 19.1. The fraction of sp³-hybridized carbons (Fsp3) is 0.250. The molecule has 3 N–H and O–H groups in total. The lowest BCUT2D eigenvalue weighted by atomic mass is 9.90. The van der Waals surface area contributed by atoms with Crippen molar-refractivity contribution in [2.45, 2.75) is 33.2 Å². The van der Waals surface area contributed by atoms with Crippen LogP contribution in [-0.4, -0.2) is 43.1 Å². The number of nitrogens with zero attached hydrogens (tertiary/aromatic N) is 1. The second kappa shape index (κ2) is 13.0. The number of aliphatic carboxylic acids is 1. The van der Waals surface area contributed by atoms with Gasteiger partial charge in [-0.3, -0.25) is 9.59 Å². The Labute approximate surface area is 228 Å². The summed E-state index contributed by atoms with van der Waals surface area (Å²) in [4.78, 5) is 23.8. The van der Waals surface area contributed by atoms with Crippen LogP contribution in [0.1, 0.15) is 39.0 Å². The molecule has 0 aliphatic carbocycles. The molecule has 0 aliphatic heterocycles.